The Morgan fingerprint density at radius 2 is 2.16 bits per heavy atom. The molecule has 0 bridgehead atoms. The lowest BCUT2D eigenvalue weighted by Gasteiger charge is -2.27. The van der Waals surface area contributed by atoms with Crippen LogP contribution in [0.2, 0.25) is 5.28 Å². The highest BCUT2D eigenvalue weighted by atomic mass is 35.5. The van der Waals surface area contributed by atoms with Crippen LogP contribution in [-0.4, -0.2) is 33.0 Å². The molecule has 1 aliphatic rings. The van der Waals surface area contributed by atoms with Gasteiger partial charge in [-0.05, 0) is 37.3 Å². The van der Waals surface area contributed by atoms with Gasteiger partial charge in [0.25, 0.3) is 5.56 Å². The summed E-state index contributed by atoms with van der Waals surface area (Å²) in [5.74, 6) is 0. The molecule has 0 radical (unpaired) electrons. The van der Waals surface area contributed by atoms with Gasteiger partial charge in [0.1, 0.15) is 5.39 Å². The topological polar surface area (TPSA) is 72.8 Å². The van der Waals surface area contributed by atoms with Crippen LogP contribution in [0.1, 0.15) is 31.7 Å². The normalized spacial score (nSPS) is 23.9. The maximum absolute atomic E-state index is 11.7. The molecule has 1 aliphatic carbocycles. The van der Waals surface area contributed by atoms with Crippen molar-refractivity contribution in [3.63, 3.8) is 0 Å². The van der Waals surface area contributed by atoms with Crippen molar-refractivity contribution in [2.24, 2.45) is 0 Å². The Kier molecular flexibility index (Phi) is 3.28. The molecule has 7 heteroatoms. The van der Waals surface area contributed by atoms with Crippen molar-refractivity contribution in [2.45, 2.75) is 37.8 Å². The van der Waals surface area contributed by atoms with E-state index in [2.05, 4.69) is 15.1 Å². The molecule has 19 heavy (non-hydrogen) atoms. The molecule has 1 fully saturated rings. The zero-order valence-electron chi connectivity index (χ0n) is 10.6. The van der Waals surface area contributed by atoms with Crippen LogP contribution in [0.15, 0.2) is 11.0 Å². The summed E-state index contributed by atoms with van der Waals surface area (Å²) in [4.78, 5) is 18.4. The molecular formula is C12H15ClN4O2. The lowest BCUT2D eigenvalue weighted by atomic mass is 9.93. The highest BCUT2D eigenvalue weighted by Gasteiger charge is 2.24. The summed E-state index contributed by atoms with van der Waals surface area (Å²) >= 11 is 5.81. The third-order valence-electron chi connectivity index (χ3n) is 3.76. The minimum absolute atomic E-state index is 0.102. The molecular weight excluding hydrogens is 268 g/mol. The van der Waals surface area contributed by atoms with Crippen LogP contribution >= 0.6 is 11.6 Å². The molecule has 1 saturated carbocycles. The van der Waals surface area contributed by atoms with Gasteiger partial charge in [-0.15, -0.1) is 0 Å². The molecule has 0 atom stereocenters. The van der Waals surface area contributed by atoms with E-state index in [-0.39, 0.29) is 16.9 Å². The Morgan fingerprint density at radius 1 is 1.42 bits per heavy atom. The number of fused-ring (bicyclic) bond motifs is 1. The highest BCUT2D eigenvalue weighted by molar-refractivity contribution is 6.28. The van der Waals surface area contributed by atoms with Crippen molar-refractivity contribution in [3.8, 4) is 0 Å². The van der Waals surface area contributed by atoms with Gasteiger partial charge >= 0.3 is 0 Å². The minimum Gasteiger partial charge on any atom is -0.381 e. The number of rotatable bonds is 2. The highest BCUT2D eigenvalue weighted by Crippen LogP contribution is 2.30. The fourth-order valence-electron chi connectivity index (χ4n) is 2.70. The number of methoxy groups -OCH3 is 1. The van der Waals surface area contributed by atoms with Crippen molar-refractivity contribution < 1.29 is 4.74 Å². The first kappa shape index (κ1) is 12.6. The van der Waals surface area contributed by atoms with E-state index in [1.54, 1.807) is 13.3 Å². The smallest absolute Gasteiger partial charge is 0.262 e. The number of hydrogen-bond donors (Lipinski definition) is 1. The first-order valence-electron chi connectivity index (χ1n) is 6.35. The molecule has 2 aromatic heterocycles. The Bertz CT molecular complexity index is 643. The van der Waals surface area contributed by atoms with Gasteiger partial charge in [-0.25, -0.2) is 4.68 Å². The van der Waals surface area contributed by atoms with Crippen molar-refractivity contribution >= 4 is 22.6 Å². The molecule has 2 aromatic rings. The Morgan fingerprint density at radius 3 is 2.84 bits per heavy atom. The van der Waals surface area contributed by atoms with E-state index in [0.717, 1.165) is 25.7 Å². The van der Waals surface area contributed by atoms with Crippen LogP contribution in [0, 0.1) is 0 Å². The maximum Gasteiger partial charge on any atom is 0.262 e. The van der Waals surface area contributed by atoms with Gasteiger partial charge < -0.3 is 4.74 Å². The predicted octanol–water partition coefficient (Wildman–Crippen LogP) is 1.90. The van der Waals surface area contributed by atoms with Gasteiger partial charge in [0.05, 0.1) is 18.3 Å². The number of ether oxygens (including phenoxy) is 1. The lowest BCUT2D eigenvalue weighted by Crippen LogP contribution is -2.23. The standard InChI is InChI=1S/C12H15ClN4O2/c1-19-8-4-2-7(3-5-8)17-10-9(6-14-17)11(18)16-12(13)15-10/h6-8H,2-5H2,1H3,(H,15,16,18). The summed E-state index contributed by atoms with van der Waals surface area (Å²) in [6.07, 6.45) is 5.83. The van der Waals surface area contributed by atoms with Crippen molar-refractivity contribution in [3.05, 3.63) is 21.8 Å². The van der Waals surface area contributed by atoms with Gasteiger partial charge in [0, 0.05) is 7.11 Å². The number of halogens is 1. The summed E-state index contributed by atoms with van der Waals surface area (Å²) in [5.41, 5.74) is 0.321. The van der Waals surface area contributed by atoms with Crippen molar-refractivity contribution in [1.82, 2.24) is 19.7 Å². The molecule has 1 N–H and O–H groups in total. The van der Waals surface area contributed by atoms with Crippen molar-refractivity contribution in [1.29, 1.82) is 0 Å². The molecule has 102 valence electrons. The summed E-state index contributed by atoms with van der Waals surface area (Å²) in [6.45, 7) is 0. The van der Waals surface area contributed by atoms with Gasteiger partial charge in [-0.1, -0.05) is 0 Å². The molecule has 0 unspecified atom stereocenters. The van der Waals surface area contributed by atoms with Crippen LogP contribution < -0.4 is 5.56 Å². The Balaban J connectivity index is 1.96. The molecule has 0 aromatic carbocycles. The average molecular weight is 283 g/mol. The molecule has 0 aliphatic heterocycles. The van der Waals surface area contributed by atoms with E-state index in [1.807, 2.05) is 4.68 Å². The van der Waals surface area contributed by atoms with Gasteiger partial charge in [-0.2, -0.15) is 10.1 Å². The van der Waals surface area contributed by atoms with Crippen LogP contribution in [0.25, 0.3) is 11.0 Å². The first-order chi connectivity index (χ1) is 9.19. The van der Waals surface area contributed by atoms with E-state index < -0.39 is 0 Å². The summed E-state index contributed by atoms with van der Waals surface area (Å²) < 4.78 is 7.18. The summed E-state index contributed by atoms with van der Waals surface area (Å²) in [7, 11) is 1.75. The van der Waals surface area contributed by atoms with Crippen LogP contribution in [0.3, 0.4) is 0 Å². The number of hydrogen-bond acceptors (Lipinski definition) is 4. The third-order valence-corrected chi connectivity index (χ3v) is 3.94. The second kappa shape index (κ2) is 4.94. The fourth-order valence-corrected chi connectivity index (χ4v) is 2.87. The van der Waals surface area contributed by atoms with Gasteiger partial charge in [0.15, 0.2) is 5.65 Å². The van der Waals surface area contributed by atoms with Crippen LogP contribution in [0.4, 0.5) is 0 Å². The maximum atomic E-state index is 11.7. The number of nitrogens with one attached hydrogen (secondary N) is 1. The molecule has 0 spiro atoms. The van der Waals surface area contributed by atoms with E-state index in [1.165, 1.54) is 0 Å². The molecule has 6 nitrogen and oxygen atoms in total. The average Bonchev–Trinajstić information content (AvgIpc) is 2.83. The lowest BCUT2D eigenvalue weighted by molar-refractivity contribution is 0.0573. The molecule has 0 saturated heterocycles. The molecule has 3 rings (SSSR count). The van der Waals surface area contributed by atoms with Crippen LogP contribution in [0.5, 0.6) is 0 Å². The van der Waals surface area contributed by atoms with Crippen LogP contribution in [-0.2, 0) is 4.74 Å². The number of aromatic amines is 1. The largest absolute Gasteiger partial charge is 0.381 e. The summed E-state index contributed by atoms with van der Waals surface area (Å²) in [6, 6.07) is 0.259. The van der Waals surface area contributed by atoms with Crippen molar-refractivity contribution in [2.75, 3.05) is 7.11 Å². The number of nitrogens with zero attached hydrogens (tertiary/aromatic N) is 3. The van der Waals surface area contributed by atoms with E-state index in [4.69, 9.17) is 16.3 Å². The van der Waals surface area contributed by atoms with Gasteiger partial charge in [-0.3, -0.25) is 9.78 Å². The van der Waals surface area contributed by atoms with E-state index >= 15 is 0 Å². The van der Waals surface area contributed by atoms with Gasteiger partial charge in [0.2, 0.25) is 5.28 Å². The second-order valence-electron chi connectivity index (χ2n) is 4.85. The zero-order chi connectivity index (χ0) is 13.4. The summed E-state index contributed by atoms with van der Waals surface area (Å²) in [5, 5.41) is 4.89. The minimum atomic E-state index is -0.244. The van der Waals surface area contributed by atoms with E-state index in [9.17, 15) is 4.79 Å². The third kappa shape index (κ3) is 2.26. The number of H-pyrrole nitrogens is 1. The number of aromatic nitrogens is 4. The molecule has 2 heterocycles. The molecule has 0 amide bonds. The first-order valence-corrected chi connectivity index (χ1v) is 6.72. The van der Waals surface area contributed by atoms with E-state index in [0.29, 0.717) is 17.1 Å². The quantitative estimate of drug-likeness (QED) is 0.854. The SMILES string of the molecule is COC1CCC(n2ncc3c(=O)[nH]c(Cl)nc32)CC1. The predicted molar refractivity (Wildman–Crippen MR) is 71.5 cm³/mol. The Labute approximate surface area is 114 Å². The Hall–Kier alpha value is -1.40. The second-order valence-corrected chi connectivity index (χ2v) is 5.21. The fraction of sp³-hybridized carbons (Fsp3) is 0.583. The monoisotopic (exact) mass is 282 g/mol. The zero-order valence-corrected chi connectivity index (χ0v) is 11.4.